The lowest BCUT2D eigenvalue weighted by Gasteiger charge is -2.51. The van der Waals surface area contributed by atoms with Crippen molar-refractivity contribution in [3.63, 3.8) is 0 Å². The maximum absolute atomic E-state index is 13.7. The number of nitrogens with zero attached hydrogens (tertiary/aromatic N) is 1. The Labute approximate surface area is 179 Å². The van der Waals surface area contributed by atoms with Crippen molar-refractivity contribution in [2.75, 3.05) is 4.90 Å². The Kier molecular flexibility index (Phi) is 5.68. The van der Waals surface area contributed by atoms with Gasteiger partial charge in [-0.05, 0) is 48.9 Å². The van der Waals surface area contributed by atoms with Gasteiger partial charge in [0.25, 0.3) is 5.91 Å². The summed E-state index contributed by atoms with van der Waals surface area (Å²) in [5.74, 6) is 0.361. The number of hydrogen-bond donors (Lipinski definition) is 1. The predicted molar refractivity (Wildman–Crippen MR) is 121 cm³/mol. The van der Waals surface area contributed by atoms with Gasteiger partial charge in [0.1, 0.15) is 0 Å². The smallest absolute Gasteiger partial charge is 0.251 e. The maximum Gasteiger partial charge on any atom is 0.251 e. The van der Waals surface area contributed by atoms with Gasteiger partial charge in [-0.3, -0.25) is 14.5 Å². The van der Waals surface area contributed by atoms with Crippen LogP contribution in [-0.2, 0) is 15.1 Å². The number of β-lactam (4-membered cyclic amide) rings is 1. The minimum atomic E-state index is -0.973. The number of anilines is 1. The zero-order valence-electron chi connectivity index (χ0n) is 18.3. The molecule has 0 bridgehead atoms. The summed E-state index contributed by atoms with van der Waals surface area (Å²) in [6.45, 7) is 6.34. The zero-order valence-corrected chi connectivity index (χ0v) is 18.3. The molecule has 30 heavy (non-hydrogen) atoms. The van der Waals surface area contributed by atoms with Gasteiger partial charge in [0.15, 0.2) is 5.54 Å². The van der Waals surface area contributed by atoms with Crippen LogP contribution >= 0.6 is 0 Å². The van der Waals surface area contributed by atoms with Crippen LogP contribution in [0.25, 0.3) is 0 Å². The molecule has 0 spiro atoms. The van der Waals surface area contributed by atoms with E-state index in [0.717, 1.165) is 42.5 Å². The van der Waals surface area contributed by atoms with Crippen molar-refractivity contribution >= 4 is 17.5 Å². The summed E-state index contributed by atoms with van der Waals surface area (Å²) in [7, 11) is 0. The minimum Gasteiger partial charge on any atom is -0.351 e. The second-order valence-corrected chi connectivity index (χ2v) is 9.19. The summed E-state index contributed by atoms with van der Waals surface area (Å²) in [5, 5.41) is 3.30. The number of aryl methyl sites for hydroxylation is 1. The molecule has 1 atom stereocenters. The molecule has 2 aliphatic rings. The SMILES string of the molecule is Cc1ccc(N2C(=O)C[C@]2(C(=O)NC2CCCCC2)c2ccc(C(C)C)cc2)cc1. The van der Waals surface area contributed by atoms with E-state index in [9.17, 15) is 9.59 Å². The van der Waals surface area contributed by atoms with Crippen molar-refractivity contribution in [2.24, 2.45) is 0 Å². The lowest BCUT2D eigenvalue weighted by molar-refractivity contribution is -0.141. The highest BCUT2D eigenvalue weighted by Crippen LogP contribution is 2.45. The van der Waals surface area contributed by atoms with Crippen LogP contribution in [0.5, 0.6) is 0 Å². The number of carbonyl (C=O) groups excluding carboxylic acids is 2. The van der Waals surface area contributed by atoms with Crippen LogP contribution in [0.2, 0.25) is 0 Å². The number of carbonyl (C=O) groups is 2. The van der Waals surface area contributed by atoms with Gasteiger partial charge in [0.2, 0.25) is 5.91 Å². The second kappa shape index (κ2) is 8.25. The molecule has 0 radical (unpaired) electrons. The molecule has 2 aromatic carbocycles. The molecule has 158 valence electrons. The number of hydrogen-bond acceptors (Lipinski definition) is 2. The molecule has 0 unspecified atom stereocenters. The largest absolute Gasteiger partial charge is 0.351 e. The van der Waals surface area contributed by atoms with E-state index < -0.39 is 5.54 Å². The van der Waals surface area contributed by atoms with Gasteiger partial charge in [-0.25, -0.2) is 0 Å². The molecule has 4 rings (SSSR count). The summed E-state index contributed by atoms with van der Waals surface area (Å²) in [5.41, 5.74) is 3.06. The average molecular weight is 405 g/mol. The molecule has 2 fully saturated rings. The van der Waals surface area contributed by atoms with Crippen LogP contribution in [0.15, 0.2) is 48.5 Å². The third-order valence-electron chi connectivity index (χ3n) is 6.70. The monoisotopic (exact) mass is 404 g/mol. The van der Waals surface area contributed by atoms with Crippen molar-refractivity contribution in [1.29, 1.82) is 0 Å². The normalized spacial score (nSPS) is 22.1. The first-order chi connectivity index (χ1) is 14.4. The molecule has 1 N–H and O–H groups in total. The molecule has 1 saturated heterocycles. The second-order valence-electron chi connectivity index (χ2n) is 9.19. The molecule has 1 aliphatic heterocycles. The van der Waals surface area contributed by atoms with E-state index in [4.69, 9.17) is 0 Å². The van der Waals surface area contributed by atoms with Gasteiger partial charge >= 0.3 is 0 Å². The van der Waals surface area contributed by atoms with Crippen LogP contribution in [0.4, 0.5) is 5.69 Å². The topological polar surface area (TPSA) is 49.4 Å². The molecular weight excluding hydrogens is 372 g/mol. The number of benzene rings is 2. The quantitative estimate of drug-likeness (QED) is 0.697. The molecule has 4 heteroatoms. The number of amides is 2. The highest BCUT2D eigenvalue weighted by Gasteiger charge is 2.58. The predicted octanol–water partition coefficient (Wildman–Crippen LogP) is 5.20. The molecular formula is C26H32N2O2. The average Bonchev–Trinajstić information content (AvgIpc) is 2.74. The van der Waals surface area contributed by atoms with Crippen LogP contribution in [0, 0.1) is 6.92 Å². The highest BCUT2D eigenvalue weighted by atomic mass is 16.2. The van der Waals surface area contributed by atoms with Crippen molar-refractivity contribution in [3.05, 3.63) is 65.2 Å². The van der Waals surface area contributed by atoms with E-state index in [1.165, 1.54) is 12.0 Å². The third kappa shape index (κ3) is 3.64. The third-order valence-corrected chi connectivity index (χ3v) is 6.70. The Morgan fingerprint density at radius 2 is 1.63 bits per heavy atom. The van der Waals surface area contributed by atoms with Crippen LogP contribution in [0.1, 0.15) is 75.0 Å². The lowest BCUT2D eigenvalue weighted by atomic mass is 9.75. The van der Waals surface area contributed by atoms with E-state index in [1.54, 1.807) is 4.90 Å². The Morgan fingerprint density at radius 1 is 1.00 bits per heavy atom. The first-order valence-corrected chi connectivity index (χ1v) is 11.2. The Morgan fingerprint density at radius 3 is 2.20 bits per heavy atom. The molecule has 1 saturated carbocycles. The van der Waals surface area contributed by atoms with Gasteiger partial charge in [-0.15, -0.1) is 0 Å². The fourth-order valence-electron chi connectivity index (χ4n) is 4.80. The van der Waals surface area contributed by atoms with Gasteiger partial charge in [0.05, 0.1) is 6.42 Å². The van der Waals surface area contributed by atoms with Crippen molar-refractivity contribution in [1.82, 2.24) is 5.32 Å². The Bertz CT molecular complexity index is 911. The summed E-state index contributed by atoms with van der Waals surface area (Å²) < 4.78 is 0. The number of rotatable bonds is 5. The summed E-state index contributed by atoms with van der Waals surface area (Å²) >= 11 is 0. The fraction of sp³-hybridized carbons (Fsp3) is 0.462. The minimum absolute atomic E-state index is 0.00872. The van der Waals surface area contributed by atoms with Crippen molar-refractivity contribution in [2.45, 2.75) is 76.8 Å². The van der Waals surface area contributed by atoms with Crippen molar-refractivity contribution < 1.29 is 9.59 Å². The van der Waals surface area contributed by atoms with E-state index in [2.05, 4.69) is 31.3 Å². The van der Waals surface area contributed by atoms with Crippen LogP contribution < -0.4 is 10.2 Å². The Hall–Kier alpha value is -2.62. The van der Waals surface area contributed by atoms with Gasteiger partial charge in [-0.1, -0.05) is 75.1 Å². The van der Waals surface area contributed by atoms with E-state index in [-0.39, 0.29) is 24.3 Å². The van der Waals surface area contributed by atoms with E-state index in [1.807, 2.05) is 43.3 Å². The molecule has 1 aliphatic carbocycles. The molecule has 1 heterocycles. The molecule has 2 aromatic rings. The Balaban J connectivity index is 1.73. The molecule has 4 nitrogen and oxygen atoms in total. The van der Waals surface area contributed by atoms with Crippen molar-refractivity contribution in [3.8, 4) is 0 Å². The van der Waals surface area contributed by atoms with E-state index >= 15 is 0 Å². The first-order valence-electron chi connectivity index (χ1n) is 11.2. The highest BCUT2D eigenvalue weighted by molar-refractivity contribution is 6.13. The fourth-order valence-corrected chi connectivity index (χ4v) is 4.80. The molecule has 2 amide bonds. The first kappa shape index (κ1) is 20.6. The maximum atomic E-state index is 13.7. The molecule has 0 aromatic heterocycles. The van der Waals surface area contributed by atoms with Gasteiger partial charge in [-0.2, -0.15) is 0 Å². The van der Waals surface area contributed by atoms with Crippen LogP contribution in [-0.4, -0.2) is 17.9 Å². The summed E-state index contributed by atoms with van der Waals surface area (Å²) in [4.78, 5) is 28.3. The lowest BCUT2D eigenvalue weighted by Crippen LogP contribution is -2.69. The van der Waals surface area contributed by atoms with E-state index in [0.29, 0.717) is 5.92 Å². The zero-order chi connectivity index (χ0) is 21.3. The summed E-state index contributed by atoms with van der Waals surface area (Å²) in [6.07, 6.45) is 5.80. The number of nitrogens with one attached hydrogen (secondary N) is 1. The standard InChI is InChI=1S/C26H32N2O2/c1-18(2)20-11-13-21(14-12-20)26(25(30)27-22-7-5-4-6-8-22)17-24(29)28(26)23-15-9-19(3)10-16-23/h9-16,18,22H,4-8,17H2,1-3H3,(H,27,30)/t26-/m1/s1. The van der Waals surface area contributed by atoms with Gasteiger partial charge in [0, 0.05) is 11.7 Å². The summed E-state index contributed by atoms with van der Waals surface area (Å²) in [6, 6.07) is 16.3. The van der Waals surface area contributed by atoms with Gasteiger partial charge < -0.3 is 5.32 Å². The van der Waals surface area contributed by atoms with Crippen LogP contribution in [0.3, 0.4) is 0 Å².